The Kier molecular flexibility index (Phi) is 11.9. The molecule has 3 rings (SSSR count). The van der Waals surface area contributed by atoms with E-state index in [-0.39, 0.29) is 39.8 Å². The van der Waals surface area contributed by atoms with Crippen LogP contribution in [-0.2, 0) is 4.74 Å². The van der Waals surface area contributed by atoms with Crippen LogP contribution in [0.3, 0.4) is 0 Å². The summed E-state index contributed by atoms with van der Waals surface area (Å²) in [5, 5.41) is 16.6. The Morgan fingerprint density at radius 1 is 1.00 bits per heavy atom. The summed E-state index contributed by atoms with van der Waals surface area (Å²) in [5.41, 5.74) is 6.67. The Bertz CT molecular complexity index is 1580. The SMILES string of the molecule is COc1cc(C(=O)N(C)c2ccc(C)cc2OCCCCCNC(=O)OC(C)(C)C)ccc1NC(=O)c1cccc([N+](=O)[O-])c1N. The van der Waals surface area contributed by atoms with Crippen molar-refractivity contribution >= 4 is 40.7 Å². The van der Waals surface area contributed by atoms with Crippen molar-refractivity contribution in [3.63, 3.8) is 0 Å². The minimum atomic E-state index is -0.670. The van der Waals surface area contributed by atoms with Crippen molar-refractivity contribution < 1.29 is 33.5 Å². The van der Waals surface area contributed by atoms with E-state index < -0.39 is 22.5 Å². The number of ether oxygens (including phenoxy) is 3. The molecule has 0 aliphatic rings. The number of para-hydroxylation sites is 1. The van der Waals surface area contributed by atoms with Gasteiger partial charge in [-0.2, -0.15) is 0 Å². The number of nitro benzene ring substituents is 1. The lowest BCUT2D eigenvalue weighted by Gasteiger charge is -2.22. The quantitative estimate of drug-likeness (QED) is 0.0867. The number of hydrogen-bond acceptors (Lipinski definition) is 9. The van der Waals surface area contributed by atoms with Crippen LogP contribution in [0.1, 0.15) is 66.3 Å². The Balaban J connectivity index is 1.65. The van der Waals surface area contributed by atoms with Crippen LogP contribution in [0, 0.1) is 17.0 Å². The summed E-state index contributed by atoms with van der Waals surface area (Å²) in [6.07, 6.45) is 1.89. The van der Waals surface area contributed by atoms with E-state index in [1.54, 1.807) is 7.05 Å². The van der Waals surface area contributed by atoms with Crippen molar-refractivity contribution in [3.05, 3.63) is 81.4 Å². The van der Waals surface area contributed by atoms with Gasteiger partial charge in [0.25, 0.3) is 17.5 Å². The number of carbonyl (C=O) groups is 3. The van der Waals surface area contributed by atoms with Crippen molar-refractivity contribution in [2.45, 2.75) is 52.6 Å². The van der Waals surface area contributed by atoms with Gasteiger partial charge in [-0.05, 0) is 88.9 Å². The number of nitrogens with zero attached hydrogens (tertiary/aromatic N) is 2. The number of rotatable bonds is 13. The van der Waals surface area contributed by atoms with Crippen molar-refractivity contribution in [1.29, 1.82) is 0 Å². The Morgan fingerprint density at radius 2 is 1.74 bits per heavy atom. The molecule has 46 heavy (non-hydrogen) atoms. The monoisotopic (exact) mass is 635 g/mol. The maximum atomic E-state index is 13.5. The van der Waals surface area contributed by atoms with Gasteiger partial charge in [-0.1, -0.05) is 12.1 Å². The number of amides is 3. The van der Waals surface area contributed by atoms with Gasteiger partial charge >= 0.3 is 6.09 Å². The second-order valence-electron chi connectivity index (χ2n) is 11.5. The lowest BCUT2D eigenvalue weighted by molar-refractivity contribution is -0.383. The van der Waals surface area contributed by atoms with Gasteiger partial charge in [-0.25, -0.2) is 4.79 Å². The molecule has 0 aromatic heterocycles. The second-order valence-corrected chi connectivity index (χ2v) is 11.5. The summed E-state index contributed by atoms with van der Waals surface area (Å²) >= 11 is 0. The molecule has 13 heteroatoms. The Hall–Kier alpha value is -5.33. The number of benzene rings is 3. The minimum Gasteiger partial charge on any atom is -0.495 e. The number of hydrogen-bond donors (Lipinski definition) is 3. The molecular weight excluding hydrogens is 594 g/mol. The molecule has 0 saturated heterocycles. The molecule has 0 bridgehead atoms. The fraction of sp³-hybridized carbons (Fsp3) is 0.364. The van der Waals surface area contributed by atoms with E-state index in [2.05, 4.69) is 10.6 Å². The van der Waals surface area contributed by atoms with E-state index in [4.69, 9.17) is 19.9 Å². The largest absolute Gasteiger partial charge is 0.495 e. The number of aryl methyl sites for hydroxylation is 1. The van der Waals surface area contributed by atoms with Crippen LogP contribution in [0.15, 0.2) is 54.6 Å². The average molecular weight is 636 g/mol. The fourth-order valence-corrected chi connectivity index (χ4v) is 4.44. The highest BCUT2D eigenvalue weighted by Gasteiger charge is 2.22. The summed E-state index contributed by atoms with van der Waals surface area (Å²) in [4.78, 5) is 50.2. The number of nitrogens with two attached hydrogens (primary N) is 1. The molecule has 0 saturated carbocycles. The van der Waals surface area contributed by atoms with E-state index in [0.717, 1.165) is 24.8 Å². The van der Waals surface area contributed by atoms with Crippen molar-refractivity contribution in [1.82, 2.24) is 5.32 Å². The molecule has 13 nitrogen and oxygen atoms in total. The Labute approximate surface area is 268 Å². The van der Waals surface area contributed by atoms with Crippen molar-refractivity contribution in [3.8, 4) is 11.5 Å². The van der Waals surface area contributed by atoms with Gasteiger partial charge in [-0.3, -0.25) is 19.7 Å². The van der Waals surface area contributed by atoms with Gasteiger partial charge < -0.3 is 35.5 Å². The number of alkyl carbamates (subject to hydrolysis) is 1. The molecule has 0 unspecified atom stereocenters. The summed E-state index contributed by atoms with van der Waals surface area (Å²) in [6.45, 7) is 8.28. The number of carbonyl (C=O) groups excluding carboxylic acids is 3. The first kappa shape index (κ1) is 35.2. The molecule has 0 aliphatic heterocycles. The van der Waals surface area contributed by atoms with Crippen LogP contribution in [0.4, 0.5) is 27.5 Å². The molecule has 0 atom stereocenters. The lowest BCUT2D eigenvalue weighted by Crippen LogP contribution is -2.33. The highest BCUT2D eigenvalue weighted by atomic mass is 16.6. The number of nitrogens with one attached hydrogen (secondary N) is 2. The molecular formula is C33H41N5O8. The predicted molar refractivity (Wildman–Crippen MR) is 176 cm³/mol. The lowest BCUT2D eigenvalue weighted by atomic mass is 10.1. The highest BCUT2D eigenvalue weighted by Crippen LogP contribution is 2.33. The maximum Gasteiger partial charge on any atom is 0.407 e. The number of nitro groups is 1. The van der Waals surface area contributed by atoms with E-state index in [1.165, 1.54) is 48.4 Å². The maximum absolute atomic E-state index is 13.5. The van der Waals surface area contributed by atoms with Gasteiger partial charge in [0.1, 0.15) is 22.8 Å². The zero-order valence-corrected chi connectivity index (χ0v) is 27.0. The zero-order valence-electron chi connectivity index (χ0n) is 27.0. The summed E-state index contributed by atoms with van der Waals surface area (Å²) in [7, 11) is 3.03. The number of anilines is 3. The third-order valence-electron chi connectivity index (χ3n) is 6.75. The molecule has 3 aromatic carbocycles. The van der Waals surface area contributed by atoms with E-state index in [9.17, 15) is 24.5 Å². The van der Waals surface area contributed by atoms with Crippen LogP contribution in [-0.4, -0.2) is 55.7 Å². The minimum absolute atomic E-state index is 0.0690. The molecule has 0 fully saturated rings. The summed E-state index contributed by atoms with van der Waals surface area (Å²) < 4.78 is 16.7. The number of unbranched alkanes of at least 4 members (excludes halogenated alkanes) is 2. The normalized spacial score (nSPS) is 10.9. The smallest absolute Gasteiger partial charge is 0.407 e. The first-order valence-electron chi connectivity index (χ1n) is 14.7. The first-order chi connectivity index (χ1) is 21.7. The van der Waals surface area contributed by atoms with Crippen LogP contribution < -0.4 is 30.7 Å². The van der Waals surface area contributed by atoms with E-state index >= 15 is 0 Å². The third-order valence-corrected chi connectivity index (χ3v) is 6.75. The highest BCUT2D eigenvalue weighted by molar-refractivity contribution is 6.10. The van der Waals surface area contributed by atoms with Gasteiger partial charge in [0, 0.05) is 25.2 Å². The standard InChI is InChI=1S/C33H41N5O8/c1-21-13-16-25(28(19-21)45-18-9-7-8-17-35-32(41)46-33(2,3)4)37(5)31(40)22-14-15-24(27(20-22)44-6)36-30(39)23-11-10-12-26(29(23)34)38(42)43/h10-16,19-20H,7-9,17-18,34H2,1-6H3,(H,35,41)(H,36,39). The van der Waals surface area contributed by atoms with Crippen molar-refractivity contribution in [2.75, 3.05) is 43.3 Å². The topological polar surface area (TPSA) is 175 Å². The molecule has 3 amide bonds. The fourth-order valence-electron chi connectivity index (χ4n) is 4.44. The van der Waals surface area contributed by atoms with E-state index in [1.807, 2.05) is 45.9 Å². The van der Waals surface area contributed by atoms with Crippen LogP contribution in [0.5, 0.6) is 11.5 Å². The number of nitrogen functional groups attached to an aromatic ring is 1. The van der Waals surface area contributed by atoms with Crippen LogP contribution in [0.25, 0.3) is 0 Å². The van der Waals surface area contributed by atoms with Gasteiger partial charge in [0.15, 0.2) is 0 Å². The summed E-state index contributed by atoms with van der Waals surface area (Å²) in [5.74, 6) is -0.260. The molecule has 0 heterocycles. The van der Waals surface area contributed by atoms with Crippen LogP contribution >= 0.6 is 0 Å². The summed E-state index contributed by atoms with van der Waals surface area (Å²) in [6, 6.07) is 14.0. The average Bonchev–Trinajstić information content (AvgIpc) is 2.99. The molecule has 246 valence electrons. The first-order valence-corrected chi connectivity index (χ1v) is 14.7. The molecule has 4 N–H and O–H groups in total. The Morgan fingerprint density at radius 3 is 2.41 bits per heavy atom. The second kappa shape index (κ2) is 15.6. The molecule has 0 radical (unpaired) electrons. The molecule has 3 aromatic rings. The van der Waals surface area contributed by atoms with Gasteiger partial charge in [-0.15, -0.1) is 0 Å². The van der Waals surface area contributed by atoms with Crippen LogP contribution in [0.2, 0.25) is 0 Å². The number of methoxy groups -OCH3 is 1. The van der Waals surface area contributed by atoms with Crippen molar-refractivity contribution in [2.24, 2.45) is 0 Å². The van der Waals surface area contributed by atoms with Gasteiger partial charge in [0.05, 0.1) is 35.6 Å². The third kappa shape index (κ3) is 9.58. The molecule has 0 spiro atoms. The predicted octanol–water partition coefficient (Wildman–Crippen LogP) is 6.10. The van der Waals surface area contributed by atoms with E-state index in [0.29, 0.717) is 24.6 Å². The van der Waals surface area contributed by atoms with Gasteiger partial charge in [0.2, 0.25) is 0 Å². The molecule has 0 aliphatic carbocycles. The zero-order chi connectivity index (χ0) is 34.0.